The highest BCUT2D eigenvalue weighted by Crippen LogP contribution is 2.48. The maximum absolute atomic E-state index is 3.54. The largest absolute Gasteiger partial charge is 0.316 e. The van der Waals surface area contributed by atoms with Crippen LogP contribution in [0, 0.1) is 23.7 Å². The second-order valence-electron chi connectivity index (χ2n) is 7.86. The molecule has 0 aromatic rings. The molecule has 0 aliphatic heterocycles. The maximum atomic E-state index is 3.54. The van der Waals surface area contributed by atoms with Gasteiger partial charge in [0.15, 0.2) is 0 Å². The lowest BCUT2D eigenvalue weighted by Crippen LogP contribution is -2.29. The van der Waals surface area contributed by atoms with Crippen molar-refractivity contribution in [2.45, 2.75) is 58.8 Å². The number of nitrogens with one attached hydrogen (secondary N) is 1. The molecule has 3 atom stereocenters. The normalized spacial score (nSPS) is 28.9. The number of nitrogens with zero attached hydrogens (tertiary/aromatic N) is 1. The number of rotatable bonds is 10. The van der Waals surface area contributed by atoms with Gasteiger partial charge >= 0.3 is 0 Å². The van der Waals surface area contributed by atoms with Crippen molar-refractivity contribution in [1.82, 2.24) is 10.2 Å². The fourth-order valence-electron chi connectivity index (χ4n) is 4.29. The Kier molecular flexibility index (Phi) is 6.83. The molecule has 0 spiro atoms. The molecule has 0 amide bonds. The molecule has 118 valence electrons. The Bertz CT molecular complexity index is 264. The highest BCUT2D eigenvalue weighted by atomic mass is 15.1. The second kappa shape index (κ2) is 8.38. The van der Waals surface area contributed by atoms with E-state index in [4.69, 9.17) is 0 Å². The SMILES string of the molecule is CC(C)CNCCCCCN(C)CC1CC2CCC1C2. The molecule has 0 aromatic heterocycles. The van der Waals surface area contributed by atoms with Crippen molar-refractivity contribution in [3.05, 3.63) is 0 Å². The zero-order valence-electron chi connectivity index (χ0n) is 14.0. The number of hydrogen-bond acceptors (Lipinski definition) is 2. The van der Waals surface area contributed by atoms with E-state index in [2.05, 4.69) is 31.1 Å². The minimum absolute atomic E-state index is 0.780. The molecule has 2 bridgehead atoms. The van der Waals surface area contributed by atoms with Crippen LogP contribution >= 0.6 is 0 Å². The Labute approximate surface area is 126 Å². The highest BCUT2D eigenvalue weighted by molar-refractivity contribution is 4.90. The Hall–Kier alpha value is -0.0800. The molecule has 1 N–H and O–H groups in total. The molecule has 0 aromatic carbocycles. The fraction of sp³-hybridized carbons (Fsp3) is 1.00. The fourth-order valence-corrected chi connectivity index (χ4v) is 4.29. The summed E-state index contributed by atoms with van der Waals surface area (Å²) >= 11 is 0. The van der Waals surface area contributed by atoms with E-state index in [1.807, 2.05) is 0 Å². The number of unbranched alkanes of at least 4 members (excludes halogenated alkanes) is 2. The molecule has 3 unspecified atom stereocenters. The minimum atomic E-state index is 0.780. The molecular weight excluding hydrogens is 244 g/mol. The summed E-state index contributed by atoms with van der Waals surface area (Å²) in [5.41, 5.74) is 0. The van der Waals surface area contributed by atoms with Gasteiger partial charge in [0.1, 0.15) is 0 Å². The third-order valence-electron chi connectivity index (χ3n) is 5.38. The quantitative estimate of drug-likeness (QED) is 0.613. The van der Waals surface area contributed by atoms with Gasteiger partial charge in [-0.05, 0) is 82.5 Å². The summed E-state index contributed by atoms with van der Waals surface area (Å²) in [5.74, 6) is 4.00. The first-order valence-electron chi connectivity index (χ1n) is 9.04. The summed E-state index contributed by atoms with van der Waals surface area (Å²) in [5, 5.41) is 3.54. The van der Waals surface area contributed by atoms with E-state index < -0.39 is 0 Å². The van der Waals surface area contributed by atoms with Crippen LogP contribution in [0.15, 0.2) is 0 Å². The minimum Gasteiger partial charge on any atom is -0.316 e. The van der Waals surface area contributed by atoms with Crippen LogP contribution in [-0.2, 0) is 0 Å². The molecule has 0 heterocycles. The molecule has 2 saturated carbocycles. The van der Waals surface area contributed by atoms with E-state index in [1.54, 1.807) is 6.42 Å². The van der Waals surface area contributed by atoms with Crippen LogP contribution in [0.3, 0.4) is 0 Å². The zero-order valence-corrected chi connectivity index (χ0v) is 14.0. The van der Waals surface area contributed by atoms with E-state index in [9.17, 15) is 0 Å². The highest BCUT2D eigenvalue weighted by Gasteiger charge is 2.39. The number of fused-ring (bicyclic) bond motifs is 2. The molecule has 2 aliphatic rings. The van der Waals surface area contributed by atoms with Gasteiger partial charge in [-0.1, -0.05) is 26.7 Å². The lowest BCUT2D eigenvalue weighted by molar-refractivity contribution is 0.217. The van der Waals surface area contributed by atoms with Crippen molar-refractivity contribution in [3.8, 4) is 0 Å². The van der Waals surface area contributed by atoms with Crippen LogP contribution in [0.4, 0.5) is 0 Å². The van der Waals surface area contributed by atoms with Crippen molar-refractivity contribution in [1.29, 1.82) is 0 Å². The van der Waals surface area contributed by atoms with E-state index in [0.29, 0.717) is 0 Å². The third-order valence-corrected chi connectivity index (χ3v) is 5.38. The smallest absolute Gasteiger partial charge is 0.000936 e. The van der Waals surface area contributed by atoms with Crippen molar-refractivity contribution in [2.75, 3.05) is 33.2 Å². The molecular formula is C18H36N2. The molecule has 2 nitrogen and oxygen atoms in total. The first kappa shape index (κ1) is 16.3. The Balaban J connectivity index is 1.43. The van der Waals surface area contributed by atoms with E-state index in [0.717, 1.165) is 23.7 Å². The summed E-state index contributed by atoms with van der Waals surface area (Å²) in [4.78, 5) is 2.60. The zero-order chi connectivity index (χ0) is 14.4. The maximum Gasteiger partial charge on any atom is 0.000936 e. The van der Waals surface area contributed by atoms with E-state index in [-0.39, 0.29) is 0 Å². The predicted molar refractivity (Wildman–Crippen MR) is 88.0 cm³/mol. The first-order chi connectivity index (χ1) is 9.65. The summed E-state index contributed by atoms with van der Waals surface area (Å²) in [7, 11) is 2.34. The average molecular weight is 280 g/mol. The van der Waals surface area contributed by atoms with Gasteiger partial charge in [0.2, 0.25) is 0 Å². The predicted octanol–water partition coefficient (Wildman–Crippen LogP) is 3.77. The van der Waals surface area contributed by atoms with E-state index in [1.165, 1.54) is 64.7 Å². The van der Waals surface area contributed by atoms with Crippen LogP contribution in [0.1, 0.15) is 58.8 Å². The van der Waals surface area contributed by atoms with Gasteiger partial charge in [-0.3, -0.25) is 0 Å². The van der Waals surface area contributed by atoms with Gasteiger partial charge in [-0.2, -0.15) is 0 Å². The molecule has 20 heavy (non-hydrogen) atoms. The molecule has 2 rings (SSSR count). The summed E-state index contributed by atoms with van der Waals surface area (Å²) in [6, 6.07) is 0. The van der Waals surface area contributed by atoms with Crippen molar-refractivity contribution >= 4 is 0 Å². The van der Waals surface area contributed by atoms with Crippen LogP contribution in [0.2, 0.25) is 0 Å². The van der Waals surface area contributed by atoms with Crippen molar-refractivity contribution in [3.63, 3.8) is 0 Å². The molecule has 2 fully saturated rings. The number of hydrogen-bond donors (Lipinski definition) is 1. The van der Waals surface area contributed by atoms with Gasteiger partial charge in [-0.25, -0.2) is 0 Å². The monoisotopic (exact) mass is 280 g/mol. The summed E-state index contributed by atoms with van der Waals surface area (Å²) in [6.07, 6.45) is 10.3. The van der Waals surface area contributed by atoms with Crippen LogP contribution in [-0.4, -0.2) is 38.1 Å². The van der Waals surface area contributed by atoms with Gasteiger partial charge < -0.3 is 10.2 Å². The van der Waals surface area contributed by atoms with Crippen molar-refractivity contribution in [2.24, 2.45) is 23.7 Å². The van der Waals surface area contributed by atoms with Crippen LogP contribution < -0.4 is 5.32 Å². The van der Waals surface area contributed by atoms with Gasteiger partial charge in [0.05, 0.1) is 0 Å². The van der Waals surface area contributed by atoms with Crippen LogP contribution in [0.5, 0.6) is 0 Å². The third kappa shape index (κ3) is 5.37. The van der Waals surface area contributed by atoms with Crippen LogP contribution in [0.25, 0.3) is 0 Å². The molecule has 0 saturated heterocycles. The summed E-state index contributed by atoms with van der Waals surface area (Å²) < 4.78 is 0. The van der Waals surface area contributed by atoms with Gasteiger partial charge in [0.25, 0.3) is 0 Å². The molecule has 2 heteroatoms. The molecule has 2 aliphatic carbocycles. The van der Waals surface area contributed by atoms with Gasteiger partial charge in [-0.15, -0.1) is 0 Å². The topological polar surface area (TPSA) is 15.3 Å². The standard InChI is InChI=1S/C18H36N2/c1-15(2)13-19-9-5-4-6-10-20(3)14-18-12-16-7-8-17(18)11-16/h15-19H,4-14H2,1-3H3. The van der Waals surface area contributed by atoms with E-state index >= 15 is 0 Å². The van der Waals surface area contributed by atoms with Gasteiger partial charge in [0, 0.05) is 6.54 Å². The Morgan fingerprint density at radius 1 is 1.10 bits per heavy atom. The second-order valence-corrected chi connectivity index (χ2v) is 7.86. The first-order valence-corrected chi connectivity index (χ1v) is 9.04. The Morgan fingerprint density at radius 2 is 1.95 bits per heavy atom. The Morgan fingerprint density at radius 3 is 2.60 bits per heavy atom. The lowest BCUT2D eigenvalue weighted by atomic mass is 9.88. The average Bonchev–Trinajstić information content (AvgIpc) is 2.99. The molecule has 0 radical (unpaired) electrons. The van der Waals surface area contributed by atoms with Crippen molar-refractivity contribution < 1.29 is 0 Å². The summed E-state index contributed by atoms with van der Waals surface area (Å²) in [6.45, 7) is 9.60. The lowest BCUT2D eigenvalue weighted by Gasteiger charge is -2.27.